The van der Waals surface area contributed by atoms with Crippen LogP contribution in [0.5, 0.6) is 0 Å². The number of halogens is 1. The van der Waals surface area contributed by atoms with Crippen LogP contribution in [-0.2, 0) is 6.42 Å². The number of aryl methyl sites for hydroxylation is 2. The summed E-state index contributed by atoms with van der Waals surface area (Å²) in [6.45, 7) is 3.91. The van der Waals surface area contributed by atoms with Crippen molar-refractivity contribution in [3.8, 4) is 11.3 Å². The van der Waals surface area contributed by atoms with Crippen molar-refractivity contribution in [1.29, 1.82) is 0 Å². The first-order valence-corrected chi connectivity index (χ1v) is 7.72. The van der Waals surface area contributed by atoms with Gasteiger partial charge in [0.2, 0.25) is 0 Å². The summed E-state index contributed by atoms with van der Waals surface area (Å²) in [6, 6.07) is 7.50. The first-order valence-electron chi connectivity index (χ1n) is 6.53. The highest BCUT2D eigenvalue weighted by molar-refractivity contribution is 7.19. The zero-order chi connectivity index (χ0) is 15.1. The zero-order valence-electron chi connectivity index (χ0n) is 11.6. The average molecular weight is 321 g/mol. The van der Waals surface area contributed by atoms with E-state index in [1.54, 1.807) is 0 Å². The Balaban J connectivity index is 2.24. The number of thiazole rings is 1. The number of benzene rings is 1. The summed E-state index contributed by atoms with van der Waals surface area (Å²) in [5.74, 6) is -0.894. The molecule has 1 N–H and O–H groups in total. The van der Waals surface area contributed by atoms with Crippen molar-refractivity contribution >= 4 is 33.9 Å². The van der Waals surface area contributed by atoms with Gasteiger partial charge in [-0.25, -0.2) is 9.78 Å². The number of aromatic nitrogens is 2. The molecule has 0 bridgehead atoms. The molecule has 6 heteroatoms. The predicted octanol–water partition coefficient (Wildman–Crippen LogP) is 4.29. The molecule has 108 valence electrons. The van der Waals surface area contributed by atoms with Crippen LogP contribution in [0.4, 0.5) is 0 Å². The smallest absolute Gasteiger partial charge is 0.347 e. The van der Waals surface area contributed by atoms with Crippen LogP contribution in [-0.4, -0.2) is 20.5 Å². The van der Waals surface area contributed by atoms with Gasteiger partial charge in [-0.1, -0.05) is 42.0 Å². The lowest BCUT2D eigenvalue weighted by molar-refractivity contribution is 0.0700. The van der Waals surface area contributed by atoms with E-state index in [1.807, 2.05) is 42.5 Å². The van der Waals surface area contributed by atoms with Gasteiger partial charge in [-0.3, -0.25) is 4.40 Å². The Bertz CT molecular complexity index is 834. The Morgan fingerprint density at radius 3 is 2.62 bits per heavy atom. The maximum Gasteiger partial charge on any atom is 0.347 e. The molecule has 1 aromatic carbocycles. The van der Waals surface area contributed by atoms with Crippen molar-refractivity contribution in [2.75, 3.05) is 0 Å². The lowest BCUT2D eigenvalue weighted by atomic mass is 10.1. The average Bonchev–Trinajstić information content (AvgIpc) is 2.97. The molecule has 0 spiro atoms. The third-order valence-electron chi connectivity index (χ3n) is 3.45. The van der Waals surface area contributed by atoms with Crippen molar-refractivity contribution in [2.24, 2.45) is 0 Å². The molecule has 0 aliphatic carbocycles. The van der Waals surface area contributed by atoms with E-state index in [2.05, 4.69) is 4.98 Å². The van der Waals surface area contributed by atoms with E-state index >= 15 is 0 Å². The number of hydrogen-bond donors (Lipinski definition) is 1. The molecule has 0 amide bonds. The molecule has 3 rings (SSSR count). The Morgan fingerprint density at radius 2 is 2.05 bits per heavy atom. The van der Waals surface area contributed by atoms with E-state index in [0.717, 1.165) is 22.6 Å². The SMILES string of the molecule is CCc1c(C(=O)O)sc2nc(-c3ccc(Cl)cc3)c(C)n12. The molecule has 2 heterocycles. The maximum absolute atomic E-state index is 11.3. The van der Waals surface area contributed by atoms with Gasteiger partial charge in [0, 0.05) is 22.0 Å². The second kappa shape index (κ2) is 5.16. The fourth-order valence-corrected chi connectivity index (χ4v) is 3.71. The van der Waals surface area contributed by atoms with Crippen LogP contribution < -0.4 is 0 Å². The van der Waals surface area contributed by atoms with Gasteiger partial charge in [0.15, 0.2) is 4.96 Å². The molecular formula is C15H13ClN2O2S. The third-order valence-corrected chi connectivity index (χ3v) is 4.77. The minimum Gasteiger partial charge on any atom is -0.477 e. The van der Waals surface area contributed by atoms with Crippen molar-refractivity contribution in [3.63, 3.8) is 0 Å². The van der Waals surface area contributed by atoms with E-state index in [4.69, 9.17) is 11.6 Å². The number of imidazole rings is 1. The Morgan fingerprint density at radius 1 is 1.38 bits per heavy atom. The molecule has 21 heavy (non-hydrogen) atoms. The first kappa shape index (κ1) is 14.1. The summed E-state index contributed by atoms with van der Waals surface area (Å²) >= 11 is 7.13. The molecule has 0 fully saturated rings. The van der Waals surface area contributed by atoms with Gasteiger partial charge in [-0.05, 0) is 25.5 Å². The van der Waals surface area contributed by atoms with Gasteiger partial charge in [-0.2, -0.15) is 0 Å². The topological polar surface area (TPSA) is 54.6 Å². The van der Waals surface area contributed by atoms with Gasteiger partial charge >= 0.3 is 5.97 Å². The van der Waals surface area contributed by atoms with Gasteiger partial charge in [0.05, 0.1) is 5.69 Å². The summed E-state index contributed by atoms with van der Waals surface area (Å²) < 4.78 is 1.94. The van der Waals surface area contributed by atoms with E-state index < -0.39 is 5.97 Å². The van der Waals surface area contributed by atoms with Crippen molar-refractivity contribution in [2.45, 2.75) is 20.3 Å². The second-order valence-corrected chi connectivity index (χ2v) is 6.12. The van der Waals surface area contributed by atoms with E-state index in [-0.39, 0.29) is 0 Å². The summed E-state index contributed by atoms with van der Waals surface area (Å²) in [4.78, 5) is 17.0. The number of aromatic carboxylic acids is 1. The summed E-state index contributed by atoms with van der Waals surface area (Å²) in [7, 11) is 0. The minimum atomic E-state index is -0.894. The van der Waals surface area contributed by atoms with Crippen LogP contribution in [0.2, 0.25) is 5.02 Å². The number of carboxylic acid groups (broad SMARTS) is 1. The fraction of sp³-hybridized carbons (Fsp3) is 0.200. The van der Waals surface area contributed by atoms with Crippen molar-refractivity contribution in [1.82, 2.24) is 9.38 Å². The molecule has 0 saturated carbocycles. The van der Waals surface area contributed by atoms with Crippen LogP contribution in [0.1, 0.15) is 28.0 Å². The molecule has 0 saturated heterocycles. The number of rotatable bonds is 3. The number of carboxylic acids is 1. The highest BCUT2D eigenvalue weighted by Crippen LogP contribution is 2.31. The maximum atomic E-state index is 11.3. The van der Waals surface area contributed by atoms with Crippen LogP contribution >= 0.6 is 22.9 Å². The lowest BCUT2D eigenvalue weighted by Gasteiger charge is -2.02. The molecule has 0 aliphatic rings. The molecule has 0 atom stereocenters. The molecule has 3 aromatic rings. The lowest BCUT2D eigenvalue weighted by Crippen LogP contribution is -2.01. The molecule has 4 nitrogen and oxygen atoms in total. The number of carbonyl (C=O) groups is 1. The van der Waals surface area contributed by atoms with Crippen LogP contribution in [0, 0.1) is 6.92 Å². The molecule has 2 aromatic heterocycles. The molecular weight excluding hydrogens is 308 g/mol. The molecule has 0 aliphatic heterocycles. The summed E-state index contributed by atoms with van der Waals surface area (Å²) in [5, 5.41) is 9.96. The molecule has 0 unspecified atom stereocenters. The third kappa shape index (κ3) is 2.22. The van der Waals surface area contributed by atoms with E-state index in [0.29, 0.717) is 21.3 Å². The Hall–Kier alpha value is -1.85. The van der Waals surface area contributed by atoms with E-state index in [9.17, 15) is 9.90 Å². The monoisotopic (exact) mass is 320 g/mol. The van der Waals surface area contributed by atoms with Crippen LogP contribution in [0.25, 0.3) is 16.2 Å². The standard InChI is InChI=1S/C15H13ClN2O2S/c1-3-11-13(14(19)20)21-15-17-12(8(2)18(11)15)9-4-6-10(16)7-5-9/h4-7H,3H2,1-2H3,(H,19,20). The van der Waals surface area contributed by atoms with Gasteiger partial charge < -0.3 is 5.11 Å². The van der Waals surface area contributed by atoms with Crippen LogP contribution in [0.3, 0.4) is 0 Å². The van der Waals surface area contributed by atoms with Gasteiger partial charge in [0.25, 0.3) is 0 Å². The Kier molecular flexibility index (Phi) is 3.47. The van der Waals surface area contributed by atoms with Gasteiger partial charge in [0.1, 0.15) is 4.88 Å². The fourth-order valence-electron chi connectivity index (χ4n) is 2.48. The van der Waals surface area contributed by atoms with E-state index in [1.165, 1.54) is 11.3 Å². The highest BCUT2D eigenvalue weighted by atomic mass is 35.5. The summed E-state index contributed by atoms with van der Waals surface area (Å²) in [5.41, 5.74) is 3.59. The number of fused-ring (bicyclic) bond motifs is 1. The first-order chi connectivity index (χ1) is 10.0. The van der Waals surface area contributed by atoms with Crippen LogP contribution in [0.15, 0.2) is 24.3 Å². The zero-order valence-corrected chi connectivity index (χ0v) is 13.1. The minimum absolute atomic E-state index is 0.366. The molecule has 0 radical (unpaired) electrons. The van der Waals surface area contributed by atoms with Crippen molar-refractivity contribution in [3.05, 3.63) is 45.6 Å². The Labute approximate surface area is 130 Å². The second-order valence-electron chi connectivity index (χ2n) is 4.71. The summed E-state index contributed by atoms with van der Waals surface area (Å²) in [6.07, 6.45) is 0.652. The quantitative estimate of drug-likeness (QED) is 0.783. The van der Waals surface area contributed by atoms with Gasteiger partial charge in [-0.15, -0.1) is 0 Å². The highest BCUT2D eigenvalue weighted by Gasteiger charge is 2.21. The largest absolute Gasteiger partial charge is 0.477 e. The number of hydrogen-bond acceptors (Lipinski definition) is 3. The van der Waals surface area contributed by atoms with Crippen molar-refractivity contribution < 1.29 is 9.90 Å². The number of nitrogens with zero attached hydrogens (tertiary/aromatic N) is 2. The predicted molar refractivity (Wildman–Crippen MR) is 84.6 cm³/mol. The normalized spacial score (nSPS) is 11.2.